The molecule has 0 aliphatic rings. The van der Waals surface area contributed by atoms with Gasteiger partial charge in [-0.15, -0.1) is 0 Å². The van der Waals surface area contributed by atoms with Crippen molar-refractivity contribution in [2.24, 2.45) is 0 Å². The molecule has 22 heavy (non-hydrogen) atoms. The second-order valence-electron chi connectivity index (χ2n) is 4.62. The summed E-state index contributed by atoms with van der Waals surface area (Å²) in [5.74, 6) is -0.855. The maximum absolute atomic E-state index is 13.5. The number of nitrogens with zero attached hydrogens (tertiary/aromatic N) is 1. The molecule has 0 atom stereocenters. The summed E-state index contributed by atoms with van der Waals surface area (Å²) in [7, 11) is 1.38. The molecule has 0 radical (unpaired) electrons. The number of nitriles is 1. The smallest absolute Gasteiger partial charge is 0.310 e. The van der Waals surface area contributed by atoms with Crippen molar-refractivity contribution in [1.29, 1.82) is 5.26 Å². The molecule has 0 amide bonds. The fraction of sp³-hybridized carbons (Fsp3) is 0.176. The lowest BCUT2D eigenvalue weighted by Crippen LogP contribution is -2.08. The quantitative estimate of drug-likeness (QED) is 0.796. The summed E-state index contributed by atoms with van der Waals surface area (Å²) in [4.78, 5) is 11.8. The summed E-state index contributed by atoms with van der Waals surface area (Å²) in [5.41, 5.74) is 1.74. The topological polar surface area (TPSA) is 59.3 Å². The molecule has 0 spiro atoms. The first-order chi connectivity index (χ1) is 10.6. The Kier molecular flexibility index (Phi) is 5.10. The summed E-state index contributed by atoms with van der Waals surface area (Å²) in [6.45, 7) is 0.0764. The molecule has 0 N–H and O–H groups in total. The molecule has 2 rings (SSSR count). The van der Waals surface area contributed by atoms with E-state index in [-0.39, 0.29) is 18.8 Å². The SMILES string of the molecule is COc1ccc(CC(=O)OCc2cccc(C#N)c2)cc1F. The molecule has 4 nitrogen and oxygen atoms in total. The predicted molar refractivity (Wildman–Crippen MR) is 77.6 cm³/mol. The zero-order valence-corrected chi connectivity index (χ0v) is 12.0. The highest BCUT2D eigenvalue weighted by molar-refractivity contribution is 5.72. The number of carbonyl (C=O) groups is 1. The monoisotopic (exact) mass is 299 g/mol. The van der Waals surface area contributed by atoms with E-state index in [9.17, 15) is 9.18 Å². The molecule has 2 aromatic rings. The van der Waals surface area contributed by atoms with Gasteiger partial charge in [-0.05, 0) is 35.4 Å². The van der Waals surface area contributed by atoms with Gasteiger partial charge in [0.05, 0.1) is 25.2 Å². The normalized spacial score (nSPS) is 9.86. The molecule has 0 saturated carbocycles. The summed E-state index contributed by atoms with van der Waals surface area (Å²) in [5, 5.41) is 8.80. The van der Waals surface area contributed by atoms with Crippen LogP contribution in [0.25, 0.3) is 0 Å². The second kappa shape index (κ2) is 7.23. The van der Waals surface area contributed by atoms with Crippen LogP contribution in [0.3, 0.4) is 0 Å². The van der Waals surface area contributed by atoms with E-state index in [1.54, 1.807) is 30.3 Å². The van der Waals surface area contributed by atoms with Gasteiger partial charge in [-0.2, -0.15) is 5.26 Å². The Morgan fingerprint density at radius 3 is 2.73 bits per heavy atom. The molecule has 112 valence electrons. The summed E-state index contributed by atoms with van der Waals surface area (Å²) in [6, 6.07) is 13.2. The highest BCUT2D eigenvalue weighted by Gasteiger charge is 2.09. The van der Waals surface area contributed by atoms with E-state index in [1.165, 1.54) is 19.2 Å². The maximum Gasteiger partial charge on any atom is 0.310 e. The van der Waals surface area contributed by atoms with Gasteiger partial charge >= 0.3 is 5.97 Å². The van der Waals surface area contributed by atoms with Gasteiger partial charge in [-0.25, -0.2) is 4.39 Å². The van der Waals surface area contributed by atoms with Crippen molar-refractivity contribution in [3.05, 3.63) is 65.0 Å². The first-order valence-electron chi connectivity index (χ1n) is 6.59. The Hall–Kier alpha value is -2.87. The molecule has 0 aromatic heterocycles. The molecule has 0 aliphatic carbocycles. The Bertz CT molecular complexity index is 722. The first-order valence-corrected chi connectivity index (χ1v) is 6.59. The van der Waals surface area contributed by atoms with Crippen LogP contribution in [0.15, 0.2) is 42.5 Å². The van der Waals surface area contributed by atoms with Crippen LogP contribution in [-0.4, -0.2) is 13.1 Å². The minimum Gasteiger partial charge on any atom is -0.494 e. The third-order valence-electron chi connectivity index (χ3n) is 3.02. The highest BCUT2D eigenvalue weighted by atomic mass is 19.1. The van der Waals surface area contributed by atoms with Crippen molar-refractivity contribution in [1.82, 2.24) is 0 Å². The molecular formula is C17H14FNO3. The number of carbonyl (C=O) groups excluding carboxylic acids is 1. The average molecular weight is 299 g/mol. The maximum atomic E-state index is 13.5. The summed E-state index contributed by atoms with van der Waals surface area (Å²) in [6.07, 6.45) is -0.0289. The van der Waals surface area contributed by atoms with E-state index in [2.05, 4.69) is 0 Å². The fourth-order valence-electron chi connectivity index (χ4n) is 1.93. The van der Waals surface area contributed by atoms with Crippen molar-refractivity contribution < 1.29 is 18.7 Å². The van der Waals surface area contributed by atoms with Gasteiger partial charge in [0.1, 0.15) is 6.61 Å². The van der Waals surface area contributed by atoms with Gasteiger partial charge in [-0.1, -0.05) is 18.2 Å². The third-order valence-corrected chi connectivity index (χ3v) is 3.02. The van der Waals surface area contributed by atoms with Crippen molar-refractivity contribution >= 4 is 5.97 Å². The lowest BCUT2D eigenvalue weighted by atomic mass is 10.1. The lowest BCUT2D eigenvalue weighted by Gasteiger charge is -2.07. The van der Waals surface area contributed by atoms with Gasteiger partial charge in [-0.3, -0.25) is 4.79 Å². The predicted octanol–water partition coefficient (Wildman–Crippen LogP) is 2.99. The van der Waals surface area contributed by atoms with Crippen LogP contribution >= 0.6 is 0 Å². The van der Waals surface area contributed by atoms with E-state index in [0.717, 1.165) is 5.56 Å². The van der Waals surface area contributed by atoms with Gasteiger partial charge in [0.15, 0.2) is 11.6 Å². The van der Waals surface area contributed by atoms with Crippen LogP contribution in [-0.2, 0) is 22.6 Å². The number of ether oxygens (including phenoxy) is 2. The van der Waals surface area contributed by atoms with E-state index in [4.69, 9.17) is 14.7 Å². The van der Waals surface area contributed by atoms with E-state index >= 15 is 0 Å². The lowest BCUT2D eigenvalue weighted by molar-refractivity contribution is -0.144. The Morgan fingerprint density at radius 1 is 1.23 bits per heavy atom. The van der Waals surface area contributed by atoms with Crippen LogP contribution in [0.5, 0.6) is 5.75 Å². The number of esters is 1. The van der Waals surface area contributed by atoms with E-state index in [0.29, 0.717) is 11.1 Å². The molecule has 2 aromatic carbocycles. The second-order valence-corrected chi connectivity index (χ2v) is 4.62. The summed E-state index contributed by atoms with van der Waals surface area (Å²) >= 11 is 0. The third kappa shape index (κ3) is 4.06. The Balaban J connectivity index is 1.93. The molecule has 0 bridgehead atoms. The zero-order valence-electron chi connectivity index (χ0n) is 12.0. The summed E-state index contributed by atoms with van der Waals surface area (Å²) < 4.78 is 23.5. The number of halogens is 1. The molecule has 5 heteroatoms. The molecule has 0 heterocycles. The number of benzene rings is 2. The highest BCUT2D eigenvalue weighted by Crippen LogP contribution is 2.18. The minimum atomic E-state index is -0.519. The van der Waals surface area contributed by atoms with Gasteiger partial charge in [0.2, 0.25) is 0 Å². The van der Waals surface area contributed by atoms with Gasteiger partial charge < -0.3 is 9.47 Å². The Morgan fingerprint density at radius 2 is 2.05 bits per heavy atom. The molecule has 0 aliphatic heterocycles. The van der Waals surface area contributed by atoms with E-state index < -0.39 is 11.8 Å². The molecular weight excluding hydrogens is 285 g/mol. The first kappa shape index (κ1) is 15.5. The molecule has 0 saturated heterocycles. The van der Waals surface area contributed by atoms with Crippen LogP contribution in [0.2, 0.25) is 0 Å². The van der Waals surface area contributed by atoms with Crippen molar-refractivity contribution in [3.63, 3.8) is 0 Å². The number of rotatable bonds is 5. The van der Waals surface area contributed by atoms with Crippen LogP contribution in [0, 0.1) is 17.1 Å². The van der Waals surface area contributed by atoms with Gasteiger partial charge in [0, 0.05) is 0 Å². The number of hydrogen-bond acceptors (Lipinski definition) is 4. The van der Waals surface area contributed by atoms with Crippen LogP contribution in [0.1, 0.15) is 16.7 Å². The zero-order chi connectivity index (χ0) is 15.9. The van der Waals surface area contributed by atoms with Gasteiger partial charge in [0.25, 0.3) is 0 Å². The Labute approximate surface area is 127 Å². The largest absolute Gasteiger partial charge is 0.494 e. The van der Waals surface area contributed by atoms with Crippen molar-refractivity contribution in [3.8, 4) is 11.8 Å². The van der Waals surface area contributed by atoms with Crippen molar-refractivity contribution in [2.75, 3.05) is 7.11 Å². The van der Waals surface area contributed by atoms with Crippen molar-refractivity contribution in [2.45, 2.75) is 13.0 Å². The number of hydrogen-bond donors (Lipinski definition) is 0. The van der Waals surface area contributed by atoms with Crippen LogP contribution in [0.4, 0.5) is 4.39 Å². The molecule has 0 unspecified atom stereocenters. The average Bonchev–Trinajstić information content (AvgIpc) is 2.53. The molecule has 0 fully saturated rings. The number of methoxy groups -OCH3 is 1. The van der Waals surface area contributed by atoms with Crippen LogP contribution < -0.4 is 4.74 Å². The standard InChI is InChI=1S/C17H14FNO3/c1-21-16-6-5-12(8-15(16)18)9-17(20)22-11-14-4-2-3-13(7-14)10-19/h2-8H,9,11H2,1H3. The minimum absolute atomic E-state index is 0.0289. The van der Waals surface area contributed by atoms with E-state index in [1.807, 2.05) is 6.07 Å². The fourth-order valence-corrected chi connectivity index (χ4v) is 1.93.